The Bertz CT molecular complexity index is 731. The van der Waals surface area contributed by atoms with Gasteiger partial charge >= 0.3 is 0 Å². The van der Waals surface area contributed by atoms with Crippen molar-refractivity contribution in [2.45, 2.75) is 11.4 Å². The second kappa shape index (κ2) is 6.25. The third-order valence-corrected chi connectivity index (χ3v) is 3.55. The van der Waals surface area contributed by atoms with Gasteiger partial charge in [0, 0.05) is 18.0 Å². The van der Waals surface area contributed by atoms with E-state index in [2.05, 4.69) is 36.2 Å². The van der Waals surface area contributed by atoms with Crippen LogP contribution >= 0.6 is 0 Å². The van der Waals surface area contributed by atoms with Crippen molar-refractivity contribution in [3.05, 3.63) is 36.2 Å². The first-order chi connectivity index (χ1) is 9.62. The molecule has 2 aromatic rings. The highest BCUT2D eigenvalue weighted by Gasteiger charge is 2.15. The van der Waals surface area contributed by atoms with E-state index in [1.54, 1.807) is 0 Å². The Kier molecular flexibility index (Phi) is 4.41. The Morgan fingerprint density at radius 2 is 2.25 bits per heavy atom. The van der Waals surface area contributed by atoms with Gasteiger partial charge in [0.05, 0.1) is 13.1 Å². The molecule has 0 aliphatic carbocycles. The van der Waals surface area contributed by atoms with Crippen molar-refractivity contribution in [3.8, 4) is 11.8 Å². The Hall–Kier alpha value is -2.28. The molecule has 0 aliphatic heterocycles. The number of pyridine rings is 1. The van der Waals surface area contributed by atoms with Gasteiger partial charge in [-0.15, -0.1) is 0 Å². The first kappa shape index (κ1) is 14.1. The lowest BCUT2D eigenvalue weighted by Crippen LogP contribution is -2.24. The van der Waals surface area contributed by atoms with Crippen LogP contribution in [-0.2, 0) is 16.6 Å². The van der Waals surface area contributed by atoms with E-state index in [0.717, 1.165) is 6.39 Å². The summed E-state index contributed by atoms with van der Waals surface area (Å²) in [6.45, 7) is 0.116. The zero-order chi connectivity index (χ0) is 14.4. The van der Waals surface area contributed by atoms with Crippen LogP contribution in [-0.4, -0.2) is 30.1 Å². The molecular formula is C11H11N5O3S. The van der Waals surface area contributed by atoms with Crippen molar-refractivity contribution in [2.24, 2.45) is 5.73 Å². The van der Waals surface area contributed by atoms with Crippen LogP contribution in [0.15, 0.2) is 34.3 Å². The van der Waals surface area contributed by atoms with Gasteiger partial charge in [-0.05, 0) is 6.07 Å². The molecule has 3 N–H and O–H groups in total. The van der Waals surface area contributed by atoms with Gasteiger partial charge in [-0.3, -0.25) is 4.98 Å². The molecule has 2 aromatic heterocycles. The van der Waals surface area contributed by atoms with Crippen molar-refractivity contribution < 1.29 is 12.9 Å². The molecule has 9 heteroatoms. The third kappa shape index (κ3) is 3.61. The highest BCUT2D eigenvalue weighted by molar-refractivity contribution is 7.89. The minimum absolute atomic E-state index is 0.00446. The molecule has 104 valence electrons. The van der Waals surface area contributed by atoms with Gasteiger partial charge in [-0.25, -0.2) is 13.1 Å². The summed E-state index contributed by atoms with van der Waals surface area (Å²) >= 11 is 0. The first-order valence-electron chi connectivity index (χ1n) is 5.51. The smallest absolute Gasteiger partial charge is 0.242 e. The minimum Gasteiger partial charge on any atom is -0.343 e. The van der Waals surface area contributed by atoms with Gasteiger partial charge < -0.3 is 10.3 Å². The summed E-state index contributed by atoms with van der Waals surface area (Å²) in [7, 11) is -3.72. The van der Waals surface area contributed by atoms with Crippen molar-refractivity contribution in [2.75, 3.05) is 6.54 Å². The minimum atomic E-state index is -3.72. The standard InChI is InChI=1S/C11H11N5O3S/c12-3-1-2-9-4-10(6-13-5-9)20(17,18)15-7-11-14-8-19-16-11/h4-6,8,15H,3,7,12H2. The van der Waals surface area contributed by atoms with Gasteiger partial charge in [0.15, 0.2) is 5.82 Å². The van der Waals surface area contributed by atoms with Gasteiger partial charge in [-0.2, -0.15) is 4.98 Å². The maximum absolute atomic E-state index is 12.0. The van der Waals surface area contributed by atoms with E-state index in [9.17, 15) is 8.42 Å². The van der Waals surface area contributed by atoms with E-state index >= 15 is 0 Å². The molecular weight excluding hydrogens is 282 g/mol. The second-order valence-electron chi connectivity index (χ2n) is 3.59. The average molecular weight is 293 g/mol. The lowest BCUT2D eigenvalue weighted by atomic mass is 10.3. The normalized spacial score (nSPS) is 10.8. The summed E-state index contributed by atoms with van der Waals surface area (Å²) in [5.74, 6) is 5.58. The van der Waals surface area contributed by atoms with Crippen LogP contribution < -0.4 is 10.5 Å². The number of hydrogen-bond donors (Lipinski definition) is 2. The summed E-state index contributed by atoms with van der Waals surface area (Å²) in [6, 6.07) is 1.41. The van der Waals surface area contributed by atoms with Crippen LogP contribution in [0.3, 0.4) is 0 Å². The fourth-order valence-electron chi connectivity index (χ4n) is 1.30. The van der Waals surface area contributed by atoms with E-state index in [0.29, 0.717) is 5.56 Å². The number of aromatic nitrogens is 3. The molecule has 2 heterocycles. The van der Waals surface area contributed by atoms with E-state index in [-0.39, 0.29) is 23.8 Å². The molecule has 0 bridgehead atoms. The summed E-state index contributed by atoms with van der Waals surface area (Å²) in [6.07, 6.45) is 3.81. The van der Waals surface area contributed by atoms with E-state index in [4.69, 9.17) is 5.73 Å². The quantitative estimate of drug-likeness (QED) is 0.711. The molecule has 0 spiro atoms. The molecule has 8 nitrogen and oxygen atoms in total. The fraction of sp³-hybridized carbons (Fsp3) is 0.182. The van der Waals surface area contributed by atoms with Crippen LogP contribution in [0.2, 0.25) is 0 Å². The second-order valence-corrected chi connectivity index (χ2v) is 5.35. The number of nitrogens with zero attached hydrogens (tertiary/aromatic N) is 3. The predicted molar refractivity (Wildman–Crippen MR) is 68.5 cm³/mol. The largest absolute Gasteiger partial charge is 0.343 e. The summed E-state index contributed by atoms with van der Waals surface area (Å²) in [5.41, 5.74) is 5.72. The summed E-state index contributed by atoms with van der Waals surface area (Å²) in [4.78, 5) is 7.56. The monoisotopic (exact) mass is 293 g/mol. The molecule has 0 fully saturated rings. The van der Waals surface area contributed by atoms with Crippen LogP contribution in [0, 0.1) is 11.8 Å². The zero-order valence-electron chi connectivity index (χ0n) is 10.3. The molecule has 20 heavy (non-hydrogen) atoms. The molecule has 0 unspecified atom stereocenters. The molecule has 0 aliphatic rings. The molecule has 2 rings (SSSR count). The summed E-state index contributed by atoms with van der Waals surface area (Å²) < 4.78 is 30.9. The van der Waals surface area contributed by atoms with Crippen LogP contribution in [0.25, 0.3) is 0 Å². The van der Waals surface area contributed by atoms with E-state index < -0.39 is 10.0 Å². The number of nitrogens with two attached hydrogens (primary N) is 1. The van der Waals surface area contributed by atoms with Crippen molar-refractivity contribution in [1.82, 2.24) is 19.8 Å². The highest BCUT2D eigenvalue weighted by Crippen LogP contribution is 2.09. The molecule has 0 atom stereocenters. The summed E-state index contributed by atoms with van der Waals surface area (Å²) in [5, 5.41) is 3.51. The lowest BCUT2D eigenvalue weighted by Gasteiger charge is -2.04. The number of rotatable bonds is 4. The van der Waals surface area contributed by atoms with Gasteiger partial charge in [0.2, 0.25) is 16.4 Å². The van der Waals surface area contributed by atoms with Crippen molar-refractivity contribution in [1.29, 1.82) is 0 Å². The van der Waals surface area contributed by atoms with E-state index in [1.165, 1.54) is 18.5 Å². The lowest BCUT2D eigenvalue weighted by molar-refractivity contribution is 0.409. The van der Waals surface area contributed by atoms with Crippen LogP contribution in [0.5, 0.6) is 0 Å². The number of nitrogens with one attached hydrogen (secondary N) is 1. The predicted octanol–water partition coefficient (Wildman–Crippen LogP) is -0.747. The van der Waals surface area contributed by atoms with Crippen molar-refractivity contribution in [3.63, 3.8) is 0 Å². The van der Waals surface area contributed by atoms with Crippen LogP contribution in [0.1, 0.15) is 11.4 Å². The number of hydrogen-bond acceptors (Lipinski definition) is 7. The van der Waals surface area contributed by atoms with Gasteiger partial charge in [0.1, 0.15) is 4.90 Å². The topological polar surface area (TPSA) is 124 Å². The van der Waals surface area contributed by atoms with Gasteiger partial charge in [-0.1, -0.05) is 17.0 Å². The maximum atomic E-state index is 12.0. The Balaban J connectivity index is 2.16. The first-order valence-corrected chi connectivity index (χ1v) is 6.99. The van der Waals surface area contributed by atoms with Gasteiger partial charge in [0.25, 0.3) is 0 Å². The Labute approximate surface area is 115 Å². The Morgan fingerprint density at radius 1 is 1.40 bits per heavy atom. The van der Waals surface area contributed by atoms with E-state index in [1.807, 2.05) is 0 Å². The molecule has 0 radical (unpaired) electrons. The molecule has 0 saturated heterocycles. The highest BCUT2D eigenvalue weighted by atomic mass is 32.2. The molecule has 0 aromatic carbocycles. The zero-order valence-corrected chi connectivity index (χ0v) is 11.1. The fourth-order valence-corrected chi connectivity index (χ4v) is 2.27. The van der Waals surface area contributed by atoms with Crippen molar-refractivity contribution >= 4 is 10.0 Å². The maximum Gasteiger partial charge on any atom is 0.242 e. The molecule has 0 saturated carbocycles. The third-order valence-electron chi connectivity index (χ3n) is 2.19. The Morgan fingerprint density at radius 3 is 2.95 bits per heavy atom. The van der Waals surface area contributed by atoms with Crippen LogP contribution in [0.4, 0.5) is 0 Å². The SMILES string of the molecule is NCC#Cc1cncc(S(=O)(=O)NCc2ncon2)c1. The molecule has 0 amide bonds. The average Bonchev–Trinajstić information content (AvgIpc) is 2.97. The number of sulfonamides is 1.